The van der Waals surface area contributed by atoms with Crippen molar-refractivity contribution in [2.45, 2.75) is 57.9 Å². The van der Waals surface area contributed by atoms with Gasteiger partial charge in [-0.1, -0.05) is 32.6 Å². The van der Waals surface area contributed by atoms with Gasteiger partial charge in [0.2, 0.25) is 0 Å². The van der Waals surface area contributed by atoms with Gasteiger partial charge in [-0.2, -0.15) is 0 Å². The molecule has 0 bridgehead atoms. The highest BCUT2D eigenvalue weighted by Crippen LogP contribution is 2.37. The Bertz CT molecular complexity index is 147. The average molecular weight is 181 g/mol. The highest BCUT2D eigenvalue weighted by atomic mass is 14.9. The van der Waals surface area contributed by atoms with E-state index in [1.807, 2.05) is 0 Å². The molecule has 0 radical (unpaired) electrons. The number of hydrogen-bond donors (Lipinski definition) is 1. The van der Waals surface area contributed by atoms with Crippen molar-refractivity contribution in [1.82, 2.24) is 5.32 Å². The summed E-state index contributed by atoms with van der Waals surface area (Å²) >= 11 is 0. The van der Waals surface area contributed by atoms with Crippen molar-refractivity contribution in [3.63, 3.8) is 0 Å². The third-order valence-electron chi connectivity index (χ3n) is 3.80. The van der Waals surface area contributed by atoms with Crippen LogP contribution < -0.4 is 5.32 Å². The first-order valence-corrected chi connectivity index (χ1v) is 6.09. The lowest BCUT2D eigenvalue weighted by Crippen LogP contribution is -2.30. The van der Waals surface area contributed by atoms with E-state index in [0.29, 0.717) is 0 Å². The second kappa shape index (κ2) is 4.45. The minimum absolute atomic E-state index is 0.857. The minimum atomic E-state index is 0.857. The van der Waals surface area contributed by atoms with Crippen molar-refractivity contribution in [1.29, 1.82) is 0 Å². The third-order valence-corrected chi connectivity index (χ3v) is 3.80. The van der Waals surface area contributed by atoms with E-state index in [1.54, 1.807) is 0 Å². The first-order valence-electron chi connectivity index (χ1n) is 6.09. The molecule has 0 saturated heterocycles. The van der Waals surface area contributed by atoms with Gasteiger partial charge in [0, 0.05) is 6.04 Å². The zero-order valence-corrected chi connectivity index (χ0v) is 8.89. The van der Waals surface area contributed by atoms with Gasteiger partial charge < -0.3 is 5.32 Å². The molecule has 2 unspecified atom stereocenters. The second-order valence-electron chi connectivity index (χ2n) is 5.07. The van der Waals surface area contributed by atoms with Gasteiger partial charge in [-0.05, 0) is 37.6 Å². The molecule has 0 amide bonds. The van der Waals surface area contributed by atoms with Crippen LogP contribution in [-0.2, 0) is 0 Å². The van der Waals surface area contributed by atoms with Crippen LogP contribution in [0.3, 0.4) is 0 Å². The summed E-state index contributed by atoms with van der Waals surface area (Å²) < 4.78 is 0. The smallest absolute Gasteiger partial charge is 0.00671 e. The zero-order chi connectivity index (χ0) is 9.10. The Hall–Kier alpha value is -0.0400. The molecule has 0 aromatic carbocycles. The molecule has 1 nitrogen and oxygen atoms in total. The SMILES string of the molecule is CC1CC1CNC1CCCCCC1. The van der Waals surface area contributed by atoms with Crippen molar-refractivity contribution < 1.29 is 0 Å². The summed E-state index contributed by atoms with van der Waals surface area (Å²) in [5.74, 6) is 2.03. The summed E-state index contributed by atoms with van der Waals surface area (Å²) in [5.41, 5.74) is 0. The van der Waals surface area contributed by atoms with E-state index in [4.69, 9.17) is 0 Å². The van der Waals surface area contributed by atoms with Crippen molar-refractivity contribution in [2.24, 2.45) is 11.8 Å². The fourth-order valence-electron chi connectivity index (χ4n) is 2.49. The van der Waals surface area contributed by atoms with Crippen LogP contribution in [0.25, 0.3) is 0 Å². The van der Waals surface area contributed by atoms with E-state index >= 15 is 0 Å². The van der Waals surface area contributed by atoms with Crippen LogP contribution >= 0.6 is 0 Å². The topological polar surface area (TPSA) is 12.0 Å². The van der Waals surface area contributed by atoms with Gasteiger partial charge in [-0.15, -0.1) is 0 Å². The Labute approximate surface area is 82.3 Å². The van der Waals surface area contributed by atoms with Crippen LogP contribution in [0, 0.1) is 11.8 Å². The summed E-state index contributed by atoms with van der Waals surface area (Å²) in [7, 11) is 0. The molecule has 13 heavy (non-hydrogen) atoms. The summed E-state index contributed by atoms with van der Waals surface area (Å²) in [4.78, 5) is 0. The molecule has 0 aliphatic heterocycles. The van der Waals surface area contributed by atoms with Crippen LogP contribution in [0.1, 0.15) is 51.9 Å². The number of nitrogens with one attached hydrogen (secondary N) is 1. The van der Waals surface area contributed by atoms with E-state index < -0.39 is 0 Å². The predicted octanol–water partition coefficient (Wildman–Crippen LogP) is 2.95. The monoisotopic (exact) mass is 181 g/mol. The second-order valence-corrected chi connectivity index (χ2v) is 5.07. The molecule has 2 fully saturated rings. The standard InChI is InChI=1S/C12H23N/c1-10-8-11(10)9-13-12-6-4-2-3-5-7-12/h10-13H,2-9H2,1H3. The Balaban J connectivity index is 1.62. The van der Waals surface area contributed by atoms with Gasteiger partial charge in [0.05, 0.1) is 0 Å². The molecule has 2 saturated carbocycles. The maximum Gasteiger partial charge on any atom is 0.00671 e. The van der Waals surface area contributed by atoms with Crippen LogP contribution in [0.5, 0.6) is 0 Å². The van der Waals surface area contributed by atoms with Gasteiger partial charge >= 0.3 is 0 Å². The lowest BCUT2D eigenvalue weighted by atomic mass is 10.1. The molecule has 0 heterocycles. The van der Waals surface area contributed by atoms with Crippen LogP contribution in [0.15, 0.2) is 0 Å². The molecule has 76 valence electrons. The first-order chi connectivity index (χ1) is 6.36. The third kappa shape index (κ3) is 2.98. The first kappa shape index (κ1) is 9.51. The molecule has 1 N–H and O–H groups in total. The van der Waals surface area contributed by atoms with Crippen molar-refractivity contribution in [3.05, 3.63) is 0 Å². The maximum absolute atomic E-state index is 3.75. The summed E-state index contributed by atoms with van der Waals surface area (Å²) in [6.07, 6.45) is 10.2. The molecule has 2 aliphatic carbocycles. The molecular weight excluding hydrogens is 158 g/mol. The molecule has 0 aromatic rings. The van der Waals surface area contributed by atoms with Crippen LogP contribution in [0.2, 0.25) is 0 Å². The highest BCUT2D eigenvalue weighted by Gasteiger charge is 2.32. The molecule has 1 heteroatoms. The fourth-order valence-corrected chi connectivity index (χ4v) is 2.49. The molecule has 2 rings (SSSR count). The summed E-state index contributed by atoms with van der Waals surface area (Å²) in [6, 6.07) is 0.857. The largest absolute Gasteiger partial charge is 0.314 e. The zero-order valence-electron chi connectivity index (χ0n) is 8.89. The lowest BCUT2D eigenvalue weighted by molar-refractivity contribution is 0.445. The summed E-state index contributed by atoms with van der Waals surface area (Å²) in [6.45, 7) is 3.67. The van der Waals surface area contributed by atoms with E-state index in [-0.39, 0.29) is 0 Å². The van der Waals surface area contributed by atoms with Crippen molar-refractivity contribution >= 4 is 0 Å². The number of rotatable bonds is 3. The Morgan fingerprint density at radius 1 is 1.08 bits per heavy atom. The molecule has 0 spiro atoms. The van der Waals surface area contributed by atoms with Gasteiger partial charge in [-0.3, -0.25) is 0 Å². The van der Waals surface area contributed by atoms with E-state index in [2.05, 4.69) is 12.2 Å². The van der Waals surface area contributed by atoms with Gasteiger partial charge in [-0.25, -0.2) is 0 Å². The molecule has 2 atom stereocenters. The Morgan fingerprint density at radius 3 is 2.23 bits per heavy atom. The van der Waals surface area contributed by atoms with Crippen LogP contribution in [-0.4, -0.2) is 12.6 Å². The van der Waals surface area contributed by atoms with Gasteiger partial charge in [0.1, 0.15) is 0 Å². The minimum Gasteiger partial charge on any atom is -0.314 e. The molecule has 2 aliphatic rings. The van der Waals surface area contributed by atoms with E-state index in [0.717, 1.165) is 17.9 Å². The van der Waals surface area contributed by atoms with Crippen molar-refractivity contribution in [2.75, 3.05) is 6.54 Å². The fraction of sp³-hybridized carbons (Fsp3) is 1.00. The molecular formula is C12H23N. The number of hydrogen-bond acceptors (Lipinski definition) is 1. The van der Waals surface area contributed by atoms with Crippen LogP contribution in [0.4, 0.5) is 0 Å². The van der Waals surface area contributed by atoms with E-state index in [1.165, 1.54) is 51.5 Å². The Kier molecular flexibility index (Phi) is 3.26. The maximum atomic E-state index is 3.75. The van der Waals surface area contributed by atoms with E-state index in [9.17, 15) is 0 Å². The Morgan fingerprint density at radius 2 is 1.69 bits per heavy atom. The van der Waals surface area contributed by atoms with Gasteiger partial charge in [0.15, 0.2) is 0 Å². The highest BCUT2D eigenvalue weighted by molar-refractivity contribution is 4.85. The average Bonchev–Trinajstić information content (AvgIpc) is 2.85. The van der Waals surface area contributed by atoms with Gasteiger partial charge in [0.25, 0.3) is 0 Å². The van der Waals surface area contributed by atoms with Crippen molar-refractivity contribution in [3.8, 4) is 0 Å². The summed E-state index contributed by atoms with van der Waals surface area (Å²) in [5, 5.41) is 3.75. The molecule has 0 aromatic heterocycles. The predicted molar refractivity (Wildman–Crippen MR) is 56.8 cm³/mol. The lowest BCUT2D eigenvalue weighted by Gasteiger charge is -2.15. The normalized spacial score (nSPS) is 35.8. The quantitative estimate of drug-likeness (QED) is 0.660.